The van der Waals surface area contributed by atoms with Gasteiger partial charge in [0.15, 0.2) is 0 Å². The van der Waals surface area contributed by atoms with Crippen LogP contribution in [-0.4, -0.2) is 128 Å². The number of carboxylic acids is 3. The Bertz CT molecular complexity index is 2360. The molecule has 22 heteroatoms. The predicted octanol–water partition coefficient (Wildman–Crippen LogP) is 0.866. The van der Waals surface area contributed by atoms with Crippen LogP contribution < -0.4 is 43.0 Å². The average Bonchev–Trinajstić information content (AvgIpc) is 3.71. The van der Waals surface area contributed by atoms with E-state index in [0.29, 0.717) is 17.5 Å². The number of nitrogens with one attached hydrogen (secondary N) is 8. The molecule has 0 unspecified atom stereocenters. The number of nitrogens with two attached hydrogens (primary N) is 1. The minimum Gasteiger partial charge on any atom is -0.481 e. The van der Waals surface area contributed by atoms with E-state index < -0.39 is 139 Å². The first-order valence-electron chi connectivity index (χ1n) is 23.6. The molecule has 1 aromatic heterocycles. The van der Waals surface area contributed by atoms with E-state index >= 15 is 0 Å². The van der Waals surface area contributed by atoms with Gasteiger partial charge in [0.05, 0.1) is 12.5 Å². The number of carboxylic acid groups (broad SMARTS) is 3. The van der Waals surface area contributed by atoms with Gasteiger partial charge in [-0.25, -0.2) is 4.79 Å². The molecular formula is C49H69N9O13. The van der Waals surface area contributed by atoms with E-state index in [1.165, 1.54) is 6.92 Å². The monoisotopic (exact) mass is 992 g/mol. The fourth-order valence-electron chi connectivity index (χ4n) is 7.52. The van der Waals surface area contributed by atoms with Gasteiger partial charge in [-0.3, -0.25) is 43.2 Å². The number of carbonyl (C=O) groups is 10. The molecule has 71 heavy (non-hydrogen) atoms. The lowest BCUT2D eigenvalue weighted by Crippen LogP contribution is -2.61. The first-order chi connectivity index (χ1) is 33.4. The van der Waals surface area contributed by atoms with Crippen molar-refractivity contribution in [1.29, 1.82) is 0 Å². The van der Waals surface area contributed by atoms with Crippen molar-refractivity contribution in [3.8, 4) is 0 Å². The second-order valence-electron chi connectivity index (χ2n) is 18.4. The van der Waals surface area contributed by atoms with Gasteiger partial charge in [0.1, 0.15) is 42.3 Å². The molecule has 2 aromatic carbocycles. The van der Waals surface area contributed by atoms with Crippen molar-refractivity contribution in [1.82, 2.24) is 42.2 Å². The number of H-pyrrole nitrogens is 1. The SMILES string of the molecule is CC[C@H](C)[C@H](NC(=O)[C@H](C)NC(=O)[C@H](CCC(=O)O)NC(=O)[C@H](CC(C)C)NC(=O)[C@H](Cc1ccccc1)NC(=O)[C@@H](NC(=O)[C@@H](N)CC(=O)O)C(C)C)C(=O)N[C@@H](Cc1c[nH]c2ccccc12)C(=O)O. The number of amides is 7. The van der Waals surface area contributed by atoms with Crippen LogP contribution in [0.15, 0.2) is 60.8 Å². The number of carbonyl (C=O) groups excluding carboxylic acids is 7. The lowest BCUT2D eigenvalue weighted by Gasteiger charge is -2.29. The van der Waals surface area contributed by atoms with E-state index in [4.69, 9.17) is 10.8 Å². The maximum absolute atomic E-state index is 14.2. The topological polar surface area (TPSA) is 357 Å². The highest BCUT2D eigenvalue weighted by Gasteiger charge is 2.36. The molecule has 9 atom stereocenters. The molecule has 3 aromatic rings. The number of aromatic amines is 1. The van der Waals surface area contributed by atoms with Crippen molar-refractivity contribution >= 4 is 70.2 Å². The van der Waals surface area contributed by atoms with E-state index in [-0.39, 0.29) is 25.2 Å². The van der Waals surface area contributed by atoms with Crippen LogP contribution in [0.4, 0.5) is 0 Å². The largest absolute Gasteiger partial charge is 0.481 e. The Kier molecular flexibility index (Phi) is 22.6. The molecular weight excluding hydrogens is 923 g/mol. The molecule has 13 N–H and O–H groups in total. The highest BCUT2D eigenvalue weighted by molar-refractivity contribution is 5.98. The normalized spacial score (nSPS) is 15.1. The van der Waals surface area contributed by atoms with Gasteiger partial charge >= 0.3 is 17.9 Å². The van der Waals surface area contributed by atoms with Crippen LogP contribution in [0, 0.1) is 17.8 Å². The highest BCUT2D eigenvalue weighted by Crippen LogP contribution is 2.20. The van der Waals surface area contributed by atoms with Crippen molar-refractivity contribution in [3.05, 3.63) is 71.9 Å². The molecule has 0 aliphatic carbocycles. The van der Waals surface area contributed by atoms with Gasteiger partial charge in [0, 0.05) is 36.4 Å². The van der Waals surface area contributed by atoms with Crippen LogP contribution in [0.1, 0.15) is 91.7 Å². The number of aromatic nitrogens is 1. The van der Waals surface area contributed by atoms with Crippen LogP contribution in [0.2, 0.25) is 0 Å². The summed E-state index contributed by atoms with van der Waals surface area (Å²) in [6.07, 6.45) is 0.158. The number of aliphatic carboxylic acids is 3. The molecule has 0 bridgehead atoms. The van der Waals surface area contributed by atoms with Crippen molar-refractivity contribution in [2.75, 3.05) is 0 Å². The summed E-state index contributed by atoms with van der Waals surface area (Å²) in [6, 6.07) is 4.85. The van der Waals surface area contributed by atoms with Crippen molar-refractivity contribution in [2.24, 2.45) is 23.5 Å². The molecule has 0 aliphatic heterocycles. The zero-order chi connectivity index (χ0) is 53.1. The van der Waals surface area contributed by atoms with Crippen LogP contribution in [0.25, 0.3) is 10.9 Å². The van der Waals surface area contributed by atoms with Crippen LogP contribution in [0.3, 0.4) is 0 Å². The van der Waals surface area contributed by atoms with Gasteiger partial charge in [-0.1, -0.05) is 96.5 Å². The van der Waals surface area contributed by atoms with E-state index in [1.54, 1.807) is 84.1 Å². The third-order valence-corrected chi connectivity index (χ3v) is 11.8. The summed E-state index contributed by atoms with van der Waals surface area (Å²) in [5.74, 6) is -11.3. The Morgan fingerprint density at radius 1 is 0.577 bits per heavy atom. The first kappa shape index (κ1) is 58.0. The van der Waals surface area contributed by atoms with Gasteiger partial charge in [0.2, 0.25) is 41.4 Å². The molecule has 0 saturated heterocycles. The number of para-hydroxylation sites is 1. The Labute approximate surface area is 411 Å². The lowest BCUT2D eigenvalue weighted by atomic mass is 9.97. The lowest BCUT2D eigenvalue weighted by molar-refractivity contribution is -0.142. The number of hydrogen-bond donors (Lipinski definition) is 12. The summed E-state index contributed by atoms with van der Waals surface area (Å²) in [5.41, 5.74) is 7.76. The van der Waals surface area contributed by atoms with E-state index in [2.05, 4.69) is 42.2 Å². The molecule has 388 valence electrons. The quantitative estimate of drug-likeness (QED) is 0.0459. The van der Waals surface area contributed by atoms with Gasteiger partial charge in [-0.2, -0.15) is 0 Å². The summed E-state index contributed by atoms with van der Waals surface area (Å²) in [6.45, 7) is 11.5. The first-order valence-corrected chi connectivity index (χ1v) is 23.6. The maximum atomic E-state index is 14.2. The Hall–Kier alpha value is -7.36. The summed E-state index contributed by atoms with van der Waals surface area (Å²) in [7, 11) is 0. The number of rotatable bonds is 29. The highest BCUT2D eigenvalue weighted by atomic mass is 16.4. The third-order valence-electron chi connectivity index (χ3n) is 11.8. The molecule has 3 rings (SSSR count). The number of benzene rings is 2. The fourth-order valence-corrected chi connectivity index (χ4v) is 7.52. The van der Waals surface area contributed by atoms with E-state index in [0.717, 1.165) is 10.9 Å². The minimum absolute atomic E-state index is 0.00534. The van der Waals surface area contributed by atoms with Gasteiger partial charge in [-0.05, 0) is 54.7 Å². The zero-order valence-electron chi connectivity index (χ0n) is 41.1. The van der Waals surface area contributed by atoms with E-state index in [1.807, 2.05) is 18.2 Å². The molecule has 1 heterocycles. The van der Waals surface area contributed by atoms with E-state index in [9.17, 15) is 58.2 Å². The summed E-state index contributed by atoms with van der Waals surface area (Å²) in [5, 5.41) is 47.3. The molecule has 0 fully saturated rings. The van der Waals surface area contributed by atoms with Gasteiger partial charge in [-0.15, -0.1) is 0 Å². The zero-order valence-corrected chi connectivity index (χ0v) is 41.1. The smallest absolute Gasteiger partial charge is 0.326 e. The fraction of sp³-hybridized carbons (Fsp3) is 0.510. The van der Waals surface area contributed by atoms with Crippen LogP contribution >= 0.6 is 0 Å². The molecule has 0 radical (unpaired) electrons. The standard InChI is InChI=1S/C49H69N9O13/c1-8-27(6)41(48(69)56-37(49(70)71)22-30-24-51-33-17-13-12-16-31(30)33)58-42(63)28(7)52-44(65)34(18-19-38(59)60)53-45(66)35(20-25(2)3)54-46(67)36(21-29-14-10-9-11-15-29)55-47(68)40(26(4)5)57-43(64)32(50)23-39(61)62/h9-17,24-28,32,34-37,40-41,51H,8,18-23,50H2,1-7H3,(H,52,65)(H,53,66)(H,54,67)(H,55,68)(H,56,69)(H,57,64)(H,58,63)(H,59,60)(H,61,62)(H,70,71)/t27-,28-,32-,34-,35-,36-,37-,40-,41-/m0/s1. The Balaban J connectivity index is 1.81. The second-order valence-corrected chi connectivity index (χ2v) is 18.4. The Morgan fingerprint density at radius 2 is 1.13 bits per heavy atom. The van der Waals surface area contributed by atoms with Crippen LogP contribution in [0.5, 0.6) is 0 Å². The molecule has 22 nitrogen and oxygen atoms in total. The summed E-state index contributed by atoms with van der Waals surface area (Å²) >= 11 is 0. The molecule has 0 spiro atoms. The Morgan fingerprint density at radius 3 is 1.72 bits per heavy atom. The number of fused-ring (bicyclic) bond motifs is 1. The van der Waals surface area contributed by atoms with Crippen molar-refractivity contribution in [2.45, 2.75) is 142 Å². The average molecular weight is 992 g/mol. The second kappa shape index (κ2) is 27.7. The van der Waals surface area contributed by atoms with Gasteiger partial charge in [0.25, 0.3) is 0 Å². The summed E-state index contributed by atoms with van der Waals surface area (Å²) < 4.78 is 0. The van der Waals surface area contributed by atoms with Gasteiger partial charge < -0.3 is 63.3 Å². The summed E-state index contributed by atoms with van der Waals surface area (Å²) in [4.78, 5) is 134. The minimum atomic E-state index is -1.56. The molecule has 0 aliphatic rings. The van der Waals surface area contributed by atoms with Crippen molar-refractivity contribution < 1.29 is 63.3 Å². The molecule has 0 saturated carbocycles. The van der Waals surface area contributed by atoms with Crippen LogP contribution in [-0.2, 0) is 60.8 Å². The van der Waals surface area contributed by atoms with Crippen molar-refractivity contribution in [3.63, 3.8) is 0 Å². The number of hydrogen-bond acceptors (Lipinski definition) is 11. The maximum Gasteiger partial charge on any atom is 0.326 e. The molecule has 7 amide bonds. The predicted molar refractivity (Wildman–Crippen MR) is 260 cm³/mol. The third kappa shape index (κ3) is 18.5.